The molecule has 0 bridgehead atoms. The lowest BCUT2D eigenvalue weighted by atomic mass is 9.95. The standard InChI is InChI=1S/C20H24N2O3S/c1-13(25-20(24)14-8-4-2-5-9-14)18(23)22-19-16(12-21)15-10-6-3-7-11-17(15)26-19/h2,4,13-14H,3,5-11H2,1H3,(H,22,23)/t13-,14-/m1/s1. The number of allylic oxidation sites excluding steroid dienone is 2. The van der Waals surface area contributed by atoms with Gasteiger partial charge in [0.05, 0.1) is 11.5 Å². The van der Waals surface area contributed by atoms with E-state index in [2.05, 4.69) is 17.5 Å². The van der Waals surface area contributed by atoms with E-state index in [0.717, 1.165) is 44.1 Å². The van der Waals surface area contributed by atoms with E-state index in [0.29, 0.717) is 17.0 Å². The number of nitrogens with one attached hydrogen (secondary N) is 1. The SMILES string of the molecule is C[C@@H](OC(=O)[C@@H]1CC=CCC1)C(=O)Nc1sc2c(c1C#N)CCCCC2. The first-order chi connectivity index (χ1) is 12.6. The Bertz CT molecular complexity index is 760. The number of carbonyl (C=O) groups is 2. The Hall–Kier alpha value is -2.13. The summed E-state index contributed by atoms with van der Waals surface area (Å²) < 4.78 is 5.36. The molecule has 0 spiro atoms. The number of nitriles is 1. The van der Waals surface area contributed by atoms with Gasteiger partial charge >= 0.3 is 5.97 Å². The third-order valence-electron chi connectivity index (χ3n) is 5.03. The van der Waals surface area contributed by atoms with Crippen LogP contribution in [-0.2, 0) is 27.2 Å². The lowest BCUT2D eigenvalue weighted by Crippen LogP contribution is -2.32. The minimum Gasteiger partial charge on any atom is -0.452 e. The van der Waals surface area contributed by atoms with Gasteiger partial charge in [-0.05, 0) is 57.4 Å². The molecule has 1 aromatic heterocycles. The highest BCUT2D eigenvalue weighted by Crippen LogP contribution is 2.37. The Labute approximate surface area is 158 Å². The fraction of sp³-hybridized carbons (Fsp3) is 0.550. The van der Waals surface area contributed by atoms with Crippen molar-refractivity contribution in [3.8, 4) is 6.07 Å². The van der Waals surface area contributed by atoms with Crippen molar-refractivity contribution >= 4 is 28.2 Å². The van der Waals surface area contributed by atoms with E-state index in [1.54, 1.807) is 6.92 Å². The van der Waals surface area contributed by atoms with Crippen LogP contribution in [0.4, 0.5) is 5.00 Å². The van der Waals surface area contributed by atoms with Gasteiger partial charge in [0.1, 0.15) is 11.1 Å². The average Bonchev–Trinajstić information content (AvgIpc) is 2.81. The molecule has 0 saturated heterocycles. The second-order valence-corrected chi connectivity index (χ2v) is 8.04. The summed E-state index contributed by atoms with van der Waals surface area (Å²) in [5.41, 5.74) is 1.67. The third kappa shape index (κ3) is 4.16. The van der Waals surface area contributed by atoms with Gasteiger partial charge in [0.15, 0.2) is 6.10 Å². The van der Waals surface area contributed by atoms with Crippen molar-refractivity contribution < 1.29 is 14.3 Å². The number of amides is 1. The lowest BCUT2D eigenvalue weighted by molar-refractivity contribution is -0.157. The van der Waals surface area contributed by atoms with Crippen LogP contribution in [0.25, 0.3) is 0 Å². The summed E-state index contributed by atoms with van der Waals surface area (Å²) in [6.45, 7) is 1.58. The number of ether oxygens (including phenoxy) is 1. The average molecular weight is 372 g/mol. The topological polar surface area (TPSA) is 79.2 Å². The van der Waals surface area contributed by atoms with Gasteiger partial charge in [-0.1, -0.05) is 18.6 Å². The third-order valence-corrected chi connectivity index (χ3v) is 6.24. The van der Waals surface area contributed by atoms with Crippen LogP contribution >= 0.6 is 11.3 Å². The van der Waals surface area contributed by atoms with Crippen molar-refractivity contribution in [2.75, 3.05) is 5.32 Å². The predicted octanol–water partition coefficient (Wildman–Crippen LogP) is 4.12. The fourth-order valence-corrected chi connectivity index (χ4v) is 4.74. The largest absolute Gasteiger partial charge is 0.452 e. The summed E-state index contributed by atoms with van der Waals surface area (Å²) in [5.74, 6) is -0.861. The molecule has 1 heterocycles. The minimum absolute atomic E-state index is 0.164. The van der Waals surface area contributed by atoms with Crippen molar-refractivity contribution in [2.24, 2.45) is 5.92 Å². The van der Waals surface area contributed by atoms with Crippen molar-refractivity contribution in [1.82, 2.24) is 0 Å². The molecule has 26 heavy (non-hydrogen) atoms. The van der Waals surface area contributed by atoms with E-state index < -0.39 is 6.10 Å². The molecule has 0 saturated carbocycles. The maximum absolute atomic E-state index is 12.5. The number of fused-ring (bicyclic) bond motifs is 1. The van der Waals surface area contributed by atoms with E-state index >= 15 is 0 Å². The maximum Gasteiger partial charge on any atom is 0.310 e. The molecular formula is C20H24N2O3S. The van der Waals surface area contributed by atoms with Crippen molar-refractivity contribution in [3.63, 3.8) is 0 Å². The summed E-state index contributed by atoms with van der Waals surface area (Å²) >= 11 is 1.49. The summed E-state index contributed by atoms with van der Waals surface area (Å²) in [7, 11) is 0. The molecule has 2 atom stereocenters. The summed E-state index contributed by atoms with van der Waals surface area (Å²) in [6, 6.07) is 2.25. The molecule has 138 valence electrons. The molecule has 0 aromatic carbocycles. The summed E-state index contributed by atoms with van der Waals surface area (Å²) in [4.78, 5) is 25.9. The molecule has 0 aliphatic heterocycles. The number of hydrogen-bond acceptors (Lipinski definition) is 5. The second-order valence-electron chi connectivity index (χ2n) is 6.93. The van der Waals surface area contributed by atoms with E-state index in [4.69, 9.17) is 4.74 Å². The van der Waals surface area contributed by atoms with Crippen LogP contribution in [0.3, 0.4) is 0 Å². The molecule has 0 unspecified atom stereocenters. The predicted molar refractivity (Wildman–Crippen MR) is 101 cm³/mol. The quantitative estimate of drug-likeness (QED) is 0.490. The van der Waals surface area contributed by atoms with Gasteiger partial charge in [-0.15, -0.1) is 11.3 Å². The highest BCUT2D eigenvalue weighted by molar-refractivity contribution is 7.16. The van der Waals surface area contributed by atoms with Crippen molar-refractivity contribution in [2.45, 2.75) is 64.4 Å². The molecular weight excluding hydrogens is 348 g/mol. The van der Waals surface area contributed by atoms with Crippen LogP contribution in [0.15, 0.2) is 12.2 Å². The molecule has 3 rings (SSSR count). The summed E-state index contributed by atoms with van der Waals surface area (Å²) in [5, 5.41) is 12.9. The van der Waals surface area contributed by atoms with E-state index in [1.165, 1.54) is 22.6 Å². The number of carbonyl (C=O) groups excluding carboxylic acids is 2. The first-order valence-corrected chi connectivity index (χ1v) is 10.1. The number of hydrogen-bond donors (Lipinski definition) is 1. The van der Waals surface area contributed by atoms with Gasteiger partial charge < -0.3 is 10.1 Å². The minimum atomic E-state index is -0.873. The Balaban J connectivity index is 1.65. The Morgan fingerprint density at radius 3 is 2.85 bits per heavy atom. The normalized spacial score (nSPS) is 20.4. The zero-order valence-corrected chi connectivity index (χ0v) is 15.9. The fourth-order valence-electron chi connectivity index (χ4n) is 3.49. The number of aryl methyl sites for hydroxylation is 1. The van der Waals surface area contributed by atoms with Crippen LogP contribution in [-0.4, -0.2) is 18.0 Å². The van der Waals surface area contributed by atoms with Gasteiger partial charge in [-0.3, -0.25) is 9.59 Å². The molecule has 6 heteroatoms. The van der Waals surface area contributed by atoms with Crippen molar-refractivity contribution in [1.29, 1.82) is 5.26 Å². The molecule has 2 aliphatic rings. The van der Waals surface area contributed by atoms with Gasteiger partial charge in [0.25, 0.3) is 5.91 Å². The Morgan fingerprint density at radius 1 is 1.31 bits per heavy atom. The number of anilines is 1. The van der Waals surface area contributed by atoms with Crippen LogP contribution in [0.2, 0.25) is 0 Å². The zero-order valence-electron chi connectivity index (χ0n) is 15.0. The van der Waals surface area contributed by atoms with Crippen LogP contribution < -0.4 is 5.32 Å². The van der Waals surface area contributed by atoms with Crippen LogP contribution in [0, 0.1) is 17.2 Å². The highest BCUT2D eigenvalue weighted by atomic mass is 32.1. The molecule has 1 amide bonds. The van der Waals surface area contributed by atoms with Crippen molar-refractivity contribution in [3.05, 3.63) is 28.2 Å². The molecule has 2 aliphatic carbocycles. The molecule has 0 fully saturated rings. The first kappa shape index (κ1) is 18.7. The van der Waals surface area contributed by atoms with E-state index in [9.17, 15) is 14.9 Å². The van der Waals surface area contributed by atoms with Gasteiger partial charge in [0.2, 0.25) is 0 Å². The molecule has 1 N–H and O–H groups in total. The van der Waals surface area contributed by atoms with E-state index in [1.807, 2.05) is 6.08 Å². The van der Waals surface area contributed by atoms with Crippen LogP contribution in [0.5, 0.6) is 0 Å². The zero-order chi connectivity index (χ0) is 18.5. The van der Waals surface area contributed by atoms with Gasteiger partial charge in [-0.25, -0.2) is 0 Å². The number of nitrogens with zero attached hydrogens (tertiary/aromatic N) is 1. The smallest absolute Gasteiger partial charge is 0.310 e. The number of rotatable bonds is 4. The summed E-state index contributed by atoms with van der Waals surface area (Å²) in [6.07, 6.45) is 10.7. The molecule has 1 aromatic rings. The highest BCUT2D eigenvalue weighted by Gasteiger charge is 2.27. The number of thiophene rings is 1. The monoisotopic (exact) mass is 372 g/mol. The Morgan fingerprint density at radius 2 is 2.12 bits per heavy atom. The van der Waals surface area contributed by atoms with Gasteiger partial charge in [-0.2, -0.15) is 5.26 Å². The van der Waals surface area contributed by atoms with E-state index in [-0.39, 0.29) is 17.8 Å². The van der Waals surface area contributed by atoms with Crippen LogP contribution in [0.1, 0.15) is 61.5 Å². The second kappa shape index (κ2) is 8.50. The Kier molecular flexibility index (Phi) is 6.10. The number of esters is 1. The molecule has 5 nitrogen and oxygen atoms in total. The first-order valence-electron chi connectivity index (χ1n) is 9.31. The maximum atomic E-state index is 12.5. The lowest BCUT2D eigenvalue weighted by Gasteiger charge is -2.19. The van der Waals surface area contributed by atoms with Gasteiger partial charge in [0, 0.05) is 4.88 Å². The molecule has 0 radical (unpaired) electrons.